The molecular weight excluding hydrogens is 1250 g/mol. The Hall–Kier alpha value is -5.86. The van der Waals surface area contributed by atoms with Crippen LogP contribution in [0.4, 0.5) is 52.7 Å². The Bertz CT molecular complexity index is 3440. The van der Waals surface area contributed by atoms with Gasteiger partial charge >= 0.3 is 12.4 Å². The number of aliphatic hydroxyl groups is 2. The molecule has 492 valence electrons. The maximum absolute atomic E-state index is 15.0. The number of hydrogen-bond donors (Lipinski definition) is 2. The molecule has 12 atom stereocenters. The Morgan fingerprint density at radius 3 is 1.14 bits per heavy atom. The fourth-order valence-electron chi connectivity index (χ4n) is 15.1. The number of amides is 2. The Morgan fingerprint density at radius 1 is 0.522 bits per heavy atom. The summed E-state index contributed by atoms with van der Waals surface area (Å²) >= 11 is 0. The van der Waals surface area contributed by atoms with Gasteiger partial charge in [0.25, 0.3) is 11.8 Å². The summed E-state index contributed by atoms with van der Waals surface area (Å²) in [5.41, 5.74) is -10.6. The van der Waals surface area contributed by atoms with E-state index in [9.17, 15) is 98.9 Å². The summed E-state index contributed by atoms with van der Waals surface area (Å²) in [6, 6.07) is 12.5. The van der Waals surface area contributed by atoms with Crippen molar-refractivity contribution in [3.05, 3.63) is 130 Å². The van der Waals surface area contributed by atoms with Crippen LogP contribution in [0.3, 0.4) is 0 Å². The van der Waals surface area contributed by atoms with Gasteiger partial charge in [-0.25, -0.2) is 43.2 Å². The molecule has 2 saturated carbocycles. The number of hydrogen-bond acceptors (Lipinski definition) is 10. The molecule has 6 aliphatic rings. The molecule has 2 saturated heterocycles. The lowest BCUT2D eigenvalue weighted by Crippen LogP contribution is -2.48. The van der Waals surface area contributed by atoms with Crippen LogP contribution in [0.25, 0.3) is 0 Å². The van der Waals surface area contributed by atoms with Gasteiger partial charge in [0, 0.05) is 38.8 Å². The van der Waals surface area contributed by atoms with Gasteiger partial charge in [-0.15, -0.1) is 0 Å². The fourth-order valence-corrected chi connectivity index (χ4v) is 20.1. The zero-order chi connectivity index (χ0) is 66.7. The van der Waals surface area contributed by atoms with Gasteiger partial charge in [-0.3, -0.25) is 19.2 Å². The molecule has 0 radical (unpaired) electrons. The number of benzene rings is 4. The van der Waals surface area contributed by atoms with Gasteiger partial charge in [0.2, 0.25) is 11.3 Å². The van der Waals surface area contributed by atoms with Crippen LogP contribution < -0.4 is 0 Å². The average Bonchev–Trinajstić information content (AvgIpc) is 1.36. The largest absolute Gasteiger partial charge is 0.426 e. The average molecular weight is 1320 g/mol. The van der Waals surface area contributed by atoms with Crippen molar-refractivity contribution >= 4 is 43.1 Å². The van der Waals surface area contributed by atoms with Crippen molar-refractivity contribution in [2.45, 2.75) is 197 Å². The molecule has 4 aliphatic carbocycles. The molecule has 2 heterocycles. The first kappa shape index (κ1) is 68.5. The maximum atomic E-state index is 15.0. The topological polar surface area (TPSA) is 183 Å². The molecule has 2 N–H and O–H groups in total. The number of nitrogens with zero attached hydrogens (tertiary/aromatic N) is 2. The van der Waals surface area contributed by atoms with Crippen LogP contribution in [0.15, 0.2) is 94.7 Å². The van der Waals surface area contributed by atoms with E-state index >= 15 is 0 Å². The Labute approximate surface area is 513 Å². The highest BCUT2D eigenvalue weighted by Gasteiger charge is 2.64. The molecule has 2 aliphatic heterocycles. The van der Waals surface area contributed by atoms with Crippen molar-refractivity contribution < 1.29 is 98.9 Å². The molecule has 4 fully saturated rings. The highest BCUT2D eigenvalue weighted by Crippen LogP contribution is 2.62. The SMILES string of the molecule is CC(C)(O)CN1C(=O)[C@H](F)CC1C(=O)C[C@@H]1CC[C@@]2(S(=O)(=O)c3ccc(F)cc3)c3ccc(C(C)(F)C(F)(F)F)cc3CC[C@@H]12.CC(C)(O)CN1C(=O)[C@H](F)CC1C(=O)C[C@@H]1CC[C@@]2(S(=O)(=O)c3ccc(F)cc3)c3ccc(C(C)(F)C(F)(F)F)cc3CC[C@@H]12. The summed E-state index contributed by atoms with van der Waals surface area (Å²) in [5, 5.41) is 20.5. The number of alkyl halides is 10. The number of carbonyl (C=O) groups excluding carboxylic acids is 4. The second-order valence-electron chi connectivity index (χ2n) is 26.7. The first-order chi connectivity index (χ1) is 41.4. The van der Waals surface area contributed by atoms with Crippen molar-refractivity contribution in [1.29, 1.82) is 0 Å². The van der Waals surface area contributed by atoms with Crippen LogP contribution in [0.5, 0.6) is 0 Å². The summed E-state index contributed by atoms with van der Waals surface area (Å²) in [5.74, 6) is -6.65. The van der Waals surface area contributed by atoms with E-state index in [0.29, 0.717) is 13.8 Å². The van der Waals surface area contributed by atoms with Crippen LogP contribution in [-0.4, -0.2) is 121 Å². The minimum Gasteiger partial charge on any atom is -0.389 e. The second-order valence-corrected chi connectivity index (χ2v) is 31.1. The van der Waals surface area contributed by atoms with Crippen LogP contribution in [0, 0.1) is 35.3 Å². The van der Waals surface area contributed by atoms with Gasteiger partial charge < -0.3 is 20.0 Å². The molecule has 0 spiro atoms. The third kappa shape index (κ3) is 12.0. The summed E-state index contributed by atoms with van der Waals surface area (Å²) < 4.78 is 222. The van der Waals surface area contributed by atoms with Crippen molar-refractivity contribution in [3.8, 4) is 0 Å². The van der Waals surface area contributed by atoms with Crippen LogP contribution in [-0.2, 0) is 72.5 Å². The summed E-state index contributed by atoms with van der Waals surface area (Å²) in [6.07, 6.45) is -14.5. The molecule has 10 rings (SSSR count). The number of likely N-dealkylation sites (tertiary alicyclic amines) is 2. The van der Waals surface area contributed by atoms with E-state index in [4.69, 9.17) is 0 Å². The summed E-state index contributed by atoms with van der Waals surface area (Å²) in [6.45, 7) is 5.93. The quantitative estimate of drug-likeness (QED) is 0.0808. The van der Waals surface area contributed by atoms with E-state index in [2.05, 4.69) is 0 Å². The Balaban J connectivity index is 0.000000213. The number of ketones is 2. The number of Topliss-reactive ketones (excluding diaryl/α,β-unsaturated/α-hetero) is 2. The van der Waals surface area contributed by atoms with E-state index in [1.165, 1.54) is 39.8 Å². The minimum atomic E-state index is -5.21. The lowest BCUT2D eigenvalue weighted by atomic mass is 9.71. The van der Waals surface area contributed by atoms with Crippen LogP contribution >= 0.6 is 0 Å². The lowest BCUT2D eigenvalue weighted by Gasteiger charge is -2.43. The summed E-state index contributed by atoms with van der Waals surface area (Å²) in [4.78, 5) is 53.9. The van der Waals surface area contributed by atoms with Crippen LogP contribution in [0.2, 0.25) is 0 Å². The molecule has 0 bridgehead atoms. The Kier molecular flexibility index (Phi) is 18.0. The lowest BCUT2D eigenvalue weighted by molar-refractivity contribution is -0.229. The molecule has 4 aromatic carbocycles. The van der Waals surface area contributed by atoms with Gasteiger partial charge in [0.15, 0.2) is 43.6 Å². The number of rotatable bonds is 16. The number of sulfone groups is 2. The van der Waals surface area contributed by atoms with E-state index in [-0.39, 0.29) is 109 Å². The number of fused-ring (bicyclic) bond motifs is 6. The second kappa shape index (κ2) is 23.6. The molecule has 90 heavy (non-hydrogen) atoms. The maximum Gasteiger partial charge on any atom is 0.426 e. The monoisotopic (exact) mass is 1320 g/mol. The highest BCUT2D eigenvalue weighted by atomic mass is 32.2. The first-order valence-corrected chi connectivity index (χ1v) is 32.6. The van der Waals surface area contributed by atoms with Crippen molar-refractivity contribution in [2.24, 2.45) is 23.7 Å². The number of aryl methyl sites for hydroxylation is 2. The first-order valence-electron chi connectivity index (χ1n) is 29.6. The van der Waals surface area contributed by atoms with Crippen molar-refractivity contribution in [2.75, 3.05) is 13.1 Å². The van der Waals surface area contributed by atoms with Crippen molar-refractivity contribution in [3.63, 3.8) is 0 Å². The van der Waals surface area contributed by atoms with Gasteiger partial charge in [-0.05, 0) is 198 Å². The van der Waals surface area contributed by atoms with Gasteiger partial charge in [-0.2, -0.15) is 26.3 Å². The zero-order valence-electron chi connectivity index (χ0n) is 50.0. The molecule has 12 nitrogen and oxygen atoms in total. The molecule has 0 aromatic heterocycles. The van der Waals surface area contributed by atoms with Crippen LogP contribution in [0.1, 0.15) is 139 Å². The third-order valence-electron chi connectivity index (χ3n) is 19.5. The van der Waals surface area contributed by atoms with E-state index in [1.807, 2.05) is 0 Å². The highest BCUT2D eigenvalue weighted by molar-refractivity contribution is 7.92. The van der Waals surface area contributed by atoms with E-state index < -0.39 is 171 Å². The number of halogens is 12. The Morgan fingerprint density at radius 2 is 0.844 bits per heavy atom. The molecular formula is C64H70F12N2O10S2. The van der Waals surface area contributed by atoms with Gasteiger partial charge in [0.1, 0.15) is 21.1 Å². The zero-order valence-corrected chi connectivity index (χ0v) is 51.6. The molecule has 2 amide bonds. The standard InChI is InChI=1S/2C32H35F6NO5S/c2*1-29(2,42)17-39-26(16-25(34)28(39)41)27(40)15-19-12-13-31(45(43,44)22-8-6-21(33)7-9-22)23(19)10-4-18-14-20(5-11-24(18)31)30(3,35)32(36,37)38/h2*5-9,11,14,19,23,25-26,42H,4,10,12-13,15-17H2,1-3H3/t2*19-,23-,25+,26?,30?,31-/m00/s1. The molecule has 26 heteroatoms. The predicted octanol–water partition coefficient (Wildman–Crippen LogP) is 11.8. The third-order valence-corrected chi connectivity index (χ3v) is 24.7. The summed E-state index contributed by atoms with van der Waals surface area (Å²) in [7, 11) is -8.72. The van der Waals surface area contributed by atoms with E-state index in [0.717, 1.165) is 82.6 Å². The van der Waals surface area contributed by atoms with E-state index in [1.54, 1.807) is 0 Å². The minimum absolute atomic E-state index is 0.0173. The molecule has 4 unspecified atom stereocenters. The van der Waals surface area contributed by atoms with Gasteiger partial charge in [-0.1, -0.05) is 36.4 Å². The smallest absolute Gasteiger partial charge is 0.389 e. The van der Waals surface area contributed by atoms with Gasteiger partial charge in [0.05, 0.1) is 33.1 Å². The predicted molar refractivity (Wildman–Crippen MR) is 303 cm³/mol. The fraction of sp³-hybridized carbons (Fsp3) is 0.562. The number of β-amino-alcohol motifs (C(OH)–C–C–N with tert-alkyl or cyclic N) is 2. The van der Waals surface area contributed by atoms with Crippen molar-refractivity contribution in [1.82, 2.24) is 9.80 Å². The number of carbonyl (C=O) groups is 4. The normalized spacial score (nSPS) is 28.5. The molecule has 4 aromatic rings.